The molecule has 0 bridgehead atoms. The molecule has 156 valence electrons. The molecule has 4 rings (SSSR count). The fourth-order valence-corrected chi connectivity index (χ4v) is 5.85. The van der Waals surface area contributed by atoms with Crippen molar-refractivity contribution in [2.75, 3.05) is 0 Å². The summed E-state index contributed by atoms with van der Waals surface area (Å²) in [5.41, 5.74) is 2.58. The first-order valence-corrected chi connectivity index (χ1v) is 11.6. The summed E-state index contributed by atoms with van der Waals surface area (Å²) in [5.74, 6) is 3.40. The quantitative estimate of drug-likeness (QED) is 0.566. The first kappa shape index (κ1) is 20.3. The Morgan fingerprint density at radius 1 is 0.655 bits per heavy atom. The number of aromatic hydroxyl groups is 2. The molecule has 0 atom stereocenters. The molecule has 0 aromatic heterocycles. The van der Waals surface area contributed by atoms with Gasteiger partial charge in [0.25, 0.3) is 0 Å². The van der Waals surface area contributed by atoms with Crippen LogP contribution in [-0.4, -0.2) is 10.2 Å². The second-order valence-corrected chi connectivity index (χ2v) is 9.82. The van der Waals surface area contributed by atoms with Crippen molar-refractivity contribution in [3.05, 3.63) is 59.7 Å². The van der Waals surface area contributed by atoms with Crippen molar-refractivity contribution in [2.45, 2.75) is 76.5 Å². The predicted molar refractivity (Wildman–Crippen MR) is 119 cm³/mol. The van der Waals surface area contributed by atoms with Crippen LogP contribution in [0.25, 0.3) is 0 Å². The minimum absolute atomic E-state index is 0.00181. The lowest BCUT2D eigenvalue weighted by Gasteiger charge is -2.42. The van der Waals surface area contributed by atoms with Gasteiger partial charge in [0.15, 0.2) is 0 Å². The molecular formula is C27H36O2. The van der Waals surface area contributed by atoms with Crippen LogP contribution in [0.1, 0.15) is 82.3 Å². The van der Waals surface area contributed by atoms with E-state index in [0.717, 1.165) is 30.6 Å². The Labute approximate surface area is 176 Å². The van der Waals surface area contributed by atoms with Crippen molar-refractivity contribution in [2.24, 2.45) is 17.8 Å². The smallest absolute Gasteiger partial charge is 0.115 e. The van der Waals surface area contributed by atoms with Gasteiger partial charge in [-0.15, -0.1) is 0 Å². The molecule has 0 saturated heterocycles. The number of hydrogen-bond acceptors (Lipinski definition) is 2. The van der Waals surface area contributed by atoms with Crippen LogP contribution in [0, 0.1) is 17.8 Å². The maximum absolute atomic E-state index is 9.77. The van der Waals surface area contributed by atoms with Crippen molar-refractivity contribution < 1.29 is 10.2 Å². The van der Waals surface area contributed by atoms with Crippen LogP contribution in [0.15, 0.2) is 48.5 Å². The van der Waals surface area contributed by atoms with Gasteiger partial charge in [-0.3, -0.25) is 0 Å². The summed E-state index contributed by atoms with van der Waals surface area (Å²) < 4.78 is 0. The molecule has 2 aromatic carbocycles. The van der Waals surface area contributed by atoms with Gasteiger partial charge in [0, 0.05) is 5.41 Å². The summed E-state index contributed by atoms with van der Waals surface area (Å²) in [4.78, 5) is 0. The lowest BCUT2D eigenvalue weighted by molar-refractivity contribution is 0.217. The van der Waals surface area contributed by atoms with Crippen LogP contribution >= 0.6 is 0 Å². The third-order valence-electron chi connectivity index (χ3n) is 7.92. The number of rotatable bonds is 5. The zero-order valence-corrected chi connectivity index (χ0v) is 17.8. The van der Waals surface area contributed by atoms with E-state index < -0.39 is 0 Å². The van der Waals surface area contributed by atoms with E-state index >= 15 is 0 Å². The molecule has 0 aliphatic heterocycles. The molecule has 2 nitrogen and oxygen atoms in total. The Kier molecular flexibility index (Phi) is 6.18. The average molecular weight is 393 g/mol. The highest BCUT2D eigenvalue weighted by Crippen LogP contribution is 2.48. The van der Waals surface area contributed by atoms with E-state index in [4.69, 9.17) is 0 Å². The number of phenolic OH excluding ortho intramolecular Hbond substituents is 2. The Bertz CT molecular complexity index is 714. The van der Waals surface area contributed by atoms with Gasteiger partial charge < -0.3 is 10.2 Å². The summed E-state index contributed by atoms with van der Waals surface area (Å²) in [6.07, 6.45) is 13.4. The largest absolute Gasteiger partial charge is 0.508 e. The zero-order valence-electron chi connectivity index (χ0n) is 17.8. The SMILES string of the molecule is C[C@H]1CC[C@H](CCC2CCC(c3ccc(O)cc3)(c3ccc(O)cc3)CC2)CC1. The van der Waals surface area contributed by atoms with Crippen molar-refractivity contribution in [3.8, 4) is 11.5 Å². The van der Waals surface area contributed by atoms with Crippen molar-refractivity contribution in [1.29, 1.82) is 0 Å². The molecule has 2 aliphatic carbocycles. The molecule has 2 aromatic rings. The number of phenols is 2. The van der Waals surface area contributed by atoms with Crippen LogP contribution in [0.4, 0.5) is 0 Å². The molecule has 0 amide bonds. The van der Waals surface area contributed by atoms with Crippen molar-refractivity contribution >= 4 is 0 Å². The lowest BCUT2D eigenvalue weighted by Crippen LogP contribution is -2.33. The minimum Gasteiger partial charge on any atom is -0.508 e. The van der Waals surface area contributed by atoms with Gasteiger partial charge in [0.05, 0.1) is 0 Å². The van der Waals surface area contributed by atoms with E-state index in [0.29, 0.717) is 11.5 Å². The minimum atomic E-state index is -0.00181. The van der Waals surface area contributed by atoms with E-state index in [9.17, 15) is 10.2 Å². The van der Waals surface area contributed by atoms with Crippen LogP contribution < -0.4 is 0 Å². The van der Waals surface area contributed by atoms with Crippen LogP contribution in [0.2, 0.25) is 0 Å². The Hall–Kier alpha value is -1.96. The molecule has 0 heterocycles. The second-order valence-electron chi connectivity index (χ2n) is 9.82. The molecule has 0 radical (unpaired) electrons. The van der Waals surface area contributed by atoms with E-state index in [-0.39, 0.29) is 5.41 Å². The summed E-state index contributed by atoms with van der Waals surface area (Å²) >= 11 is 0. The number of benzene rings is 2. The monoisotopic (exact) mass is 392 g/mol. The molecule has 0 unspecified atom stereocenters. The Morgan fingerprint density at radius 3 is 1.52 bits per heavy atom. The molecule has 0 spiro atoms. The number of hydrogen-bond donors (Lipinski definition) is 2. The van der Waals surface area contributed by atoms with Crippen LogP contribution in [-0.2, 0) is 5.41 Å². The van der Waals surface area contributed by atoms with E-state index in [2.05, 4.69) is 31.2 Å². The van der Waals surface area contributed by atoms with Gasteiger partial charge in [0.2, 0.25) is 0 Å². The second kappa shape index (κ2) is 8.81. The van der Waals surface area contributed by atoms with Gasteiger partial charge in [0.1, 0.15) is 11.5 Å². The highest BCUT2D eigenvalue weighted by atomic mass is 16.3. The summed E-state index contributed by atoms with van der Waals surface area (Å²) in [6.45, 7) is 2.41. The first-order chi connectivity index (χ1) is 14.0. The molecule has 2 aliphatic rings. The fourth-order valence-electron chi connectivity index (χ4n) is 5.85. The fraction of sp³-hybridized carbons (Fsp3) is 0.556. The Balaban J connectivity index is 1.45. The van der Waals surface area contributed by atoms with Gasteiger partial charge >= 0.3 is 0 Å². The average Bonchev–Trinajstić information content (AvgIpc) is 2.75. The van der Waals surface area contributed by atoms with Crippen LogP contribution in [0.3, 0.4) is 0 Å². The standard InChI is InChI=1S/C27H36O2/c1-20-2-4-21(5-3-20)6-7-22-16-18-27(19-17-22,23-8-12-25(28)13-9-23)24-10-14-26(29)15-11-24/h8-15,20-22,28-29H,2-7,16-19H2,1H3/t20-,21-. The summed E-state index contributed by atoms with van der Waals surface area (Å²) in [5, 5.41) is 19.5. The predicted octanol–water partition coefficient (Wildman–Crippen LogP) is 7.18. The maximum atomic E-state index is 9.77. The maximum Gasteiger partial charge on any atom is 0.115 e. The molecule has 2 N–H and O–H groups in total. The zero-order chi connectivity index (χ0) is 20.3. The van der Waals surface area contributed by atoms with Gasteiger partial charge in [-0.1, -0.05) is 69.7 Å². The van der Waals surface area contributed by atoms with E-state index in [1.807, 2.05) is 24.3 Å². The molecule has 2 heteroatoms. The third-order valence-corrected chi connectivity index (χ3v) is 7.92. The van der Waals surface area contributed by atoms with E-state index in [1.54, 1.807) is 0 Å². The molecule has 2 saturated carbocycles. The summed E-state index contributed by atoms with van der Waals surface area (Å²) in [7, 11) is 0. The normalized spacial score (nSPS) is 25.0. The Morgan fingerprint density at radius 2 is 1.07 bits per heavy atom. The molecule has 29 heavy (non-hydrogen) atoms. The molecule has 2 fully saturated rings. The highest BCUT2D eigenvalue weighted by molar-refractivity contribution is 5.43. The highest BCUT2D eigenvalue weighted by Gasteiger charge is 2.38. The van der Waals surface area contributed by atoms with E-state index in [1.165, 1.54) is 62.5 Å². The topological polar surface area (TPSA) is 40.5 Å². The van der Waals surface area contributed by atoms with Crippen molar-refractivity contribution in [1.82, 2.24) is 0 Å². The molecular weight excluding hydrogens is 356 g/mol. The third kappa shape index (κ3) is 4.63. The first-order valence-electron chi connectivity index (χ1n) is 11.6. The van der Waals surface area contributed by atoms with Crippen molar-refractivity contribution in [3.63, 3.8) is 0 Å². The van der Waals surface area contributed by atoms with Gasteiger partial charge in [-0.05, 0) is 78.8 Å². The van der Waals surface area contributed by atoms with Crippen LogP contribution in [0.5, 0.6) is 11.5 Å². The van der Waals surface area contributed by atoms with Gasteiger partial charge in [-0.2, -0.15) is 0 Å². The summed E-state index contributed by atoms with van der Waals surface area (Å²) in [6, 6.07) is 15.6. The van der Waals surface area contributed by atoms with Gasteiger partial charge in [-0.25, -0.2) is 0 Å². The lowest BCUT2D eigenvalue weighted by atomic mass is 9.62.